The van der Waals surface area contributed by atoms with Crippen LogP contribution in [0.1, 0.15) is 21.5 Å². The number of hydrogen-bond acceptors (Lipinski definition) is 5. The Bertz CT molecular complexity index is 897. The average molecular weight is 353 g/mol. The minimum Gasteiger partial charge on any atom is -0.497 e. The van der Waals surface area contributed by atoms with Gasteiger partial charge in [0.1, 0.15) is 17.2 Å². The lowest BCUT2D eigenvalue weighted by Gasteiger charge is -2.13. The number of carbonyl (C=O) groups is 2. The highest BCUT2D eigenvalue weighted by Gasteiger charge is 2.30. The zero-order valence-corrected chi connectivity index (χ0v) is 15.0. The molecule has 1 heterocycles. The summed E-state index contributed by atoms with van der Waals surface area (Å²) in [6.07, 6.45) is 1.18. The molecular formula is C20H19NO5. The molecule has 0 unspecified atom stereocenters. The first-order valence-electron chi connectivity index (χ1n) is 8.01. The van der Waals surface area contributed by atoms with E-state index in [0.29, 0.717) is 22.6 Å². The number of ether oxygens (including phenoxy) is 3. The summed E-state index contributed by atoms with van der Waals surface area (Å²) >= 11 is 0. The maximum absolute atomic E-state index is 12.6. The van der Waals surface area contributed by atoms with Gasteiger partial charge < -0.3 is 19.1 Å². The van der Waals surface area contributed by atoms with E-state index in [-0.39, 0.29) is 11.5 Å². The van der Waals surface area contributed by atoms with E-state index >= 15 is 0 Å². The third-order valence-corrected chi connectivity index (χ3v) is 4.01. The van der Waals surface area contributed by atoms with Gasteiger partial charge in [-0.15, -0.1) is 0 Å². The minimum atomic E-state index is -0.494. The third-order valence-electron chi connectivity index (χ3n) is 4.01. The third kappa shape index (κ3) is 3.26. The molecule has 0 saturated carbocycles. The molecule has 0 bridgehead atoms. The molecule has 6 nitrogen and oxygen atoms in total. The molecule has 134 valence electrons. The van der Waals surface area contributed by atoms with Crippen molar-refractivity contribution in [2.75, 3.05) is 21.2 Å². The molecule has 0 saturated heterocycles. The molecule has 1 amide bonds. The van der Waals surface area contributed by atoms with Gasteiger partial charge in [-0.3, -0.25) is 4.79 Å². The van der Waals surface area contributed by atoms with E-state index in [1.807, 2.05) is 24.3 Å². The Balaban J connectivity index is 1.89. The van der Waals surface area contributed by atoms with Crippen molar-refractivity contribution in [2.24, 2.45) is 0 Å². The number of nitrogens with zero attached hydrogens (tertiary/aromatic N) is 1. The van der Waals surface area contributed by atoms with Gasteiger partial charge in [0.2, 0.25) is 5.78 Å². The first-order valence-corrected chi connectivity index (χ1v) is 8.01. The monoisotopic (exact) mass is 353 g/mol. The fraction of sp³-hybridized carbons (Fsp3) is 0.200. The van der Waals surface area contributed by atoms with E-state index in [2.05, 4.69) is 0 Å². The van der Waals surface area contributed by atoms with Crippen LogP contribution in [0.2, 0.25) is 0 Å². The van der Waals surface area contributed by atoms with E-state index in [4.69, 9.17) is 14.2 Å². The molecule has 0 radical (unpaired) electrons. The molecule has 1 aliphatic heterocycles. The first-order chi connectivity index (χ1) is 12.4. The molecule has 2 aromatic carbocycles. The summed E-state index contributed by atoms with van der Waals surface area (Å²) < 4.78 is 16.2. The summed E-state index contributed by atoms with van der Waals surface area (Å²) in [5.41, 5.74) is 1.87. The number of carbonyl (C=O) groups excluding carboxylic acids is 2. The fourth-order valence-electron chi connectivity index (χ4n) is 2.52. The van der Waals surface area contributed by atoms with E-state index in [1.165, 1.54) is 4.90 Å². The number of hydrogen-bond donors (Lipinski definition) is 0. The van der Waals surface area contributed by atoms with Gasteiger partial charge in [-0.25, -0.2) is 4.79 Å². The quantitative estimate of drug-likeness (QED) is 0.788. The number of ketones is 1. The topological polar surface area (TPSA) is 65.1 Å². The number of methoxy groups -OCH3 is 1. The van der Waals surface area contributed by atoms with Crippen molar-refractivity contribution in [1.82, 2.24) is 4.90 Å². The molecule has 1 aliphatic rings. The predicted molar refractivity (Wildman–Crippen MR) is 96.8 cm³/mol. The summed E-state index contributed by atoms with van der Waals surface area (Å²) in [4.78, 5) is 25.7. The molecule has 0 aliphatic carbocycles. The minimum absolute atomic E-state index is 0.204. The molecule has 2 aromatic rings. The molecule has 0 fully saturated rings. The Morgan fingerprint density at radius 1 is 1.12 bits per heavy atom. The molecule has 6 heteroatoms. The number of rotatable bonds is 3. The van der Waals surface area contributed by atoms with Crippen molar-refractivity contribution < 1.29 is 23.8 Å². The van der Waals surface area contributed by atoms with Crippen molar-refractivity contribution in [3.63, 3.8) is 0 Å². The Labute approximate surface area is 151 Å². The smallest absolute Gasteiger partial charge is 0.414 e. The van der Waals surface area contributed by atoms with Crippen molar-refractivity contribution in [2.45, 2.75) is 6.92 Å². The van der Waals surface area contributed by atoms with E-state index in [1.54, 1.807) is 46.3 Å². The summed E-state index contributed by atoms with van der Waals surface area (Å²) in [5, 5.41) is 0. The van der Waals surface area contributed by atoms with E-state index < -0.39 is 6.09 Å². The lowest BCUT2D eigenvalue weighted by Crippen LogP contribution is -2.25. The zero-order valence-electron chi connectivity index (χ0n) is 15.0. The Morgan fingerprint density at radius 3 is 2.42 bits per heavy atom. The van der Waals surface area contributed by atoms with Crippen molar-refractivity contribution in [3.8, 4) is 17.2 Å². The number of allylic oxidation sites excluding steroid dienone is 1. The van der Waals surface area contributed by atoms with Gasteiger partial charge >= 0.3 is 6.09 Å². The van der Waals surface area contributed by atoms with Gasteiger partial charge in [-0.05, 0) is 42.8 Å². The molecular weight excluding hydrogens is 334 g/mol. The van der Waals surface area contributed by atoms with Crippen molar-refractivity contribution >= 4 is 18.0 Å². The van der Waals surface area contributed by atoms with E-state index in [9.17, 15) is 9.59 Å². The average Bonchev–Trinajstić information content (AvgIpc) is 2.94. The molecule has 3 rings (SSSR count). The van der Waals surface area contributed by atoms with Gasteiger partial charge in [-0.1, -0.05) is 12.1 Å². The predicted octanol–water partition coefficient (Wildman–Crippen LogP) is 3.68. The maximum atomic E-state index is 12.6. The Hall–Kier alpha value is -3.28. The number of Topliss-reactive ketones (excluding diaryl/α,β-unsaturated/α-hetero) is 1. The molecule has 0 atom stereocenters. The number of benzene rings is 2. The second-order valence-corrected chi connectivity index (χ2v) is 6.04. The normalized spacial score (nSPS) is 14.0. The molecule has 0 N–H and O–H groups in total. The zero-order chi connectivity index (χ0) is 18.8. The maximum Gasteiger partial charge on any atom is 0.414 e. The van der Waals surface area contributed by atoms with Crippen molar-refractivity contribution in [3.05, 3.63) is 58.8 Å². The summed E-state index contributed by atoms with van der Waals surface area (Å²) in [6, 6.07) is 10.5. The van der Waals surface area contributed by atoms with Gasteiger partial charge in [0, 0.05) is 19.7 Å². The van der Waals surface area contributed by atoms with Crippen LogP contribution < -0.4 is 14.2 Å². The SMILES string of the molecule is COc1ccc(/C=C2\Oc3c(ccc(OC(=O)N(C)C)c3C)C2=O)cc1. The van der Waals surface area contributed by atoms with Crippen LogP contribution in [0, 0.1) is 6.92 Å². The number of fused-ring (bicyclic) bond motifs is 1. The Morgan fingerprint density at radius 2 is 1.81 bits per heavy atom. The van der Waals surface area contributed by atoms with E-state index in [0.717, 1.165) is 11.3 Å². The second kappa shape index (κ2) is 6.92. The second-order valence-electron chi connectivity index (χ2n) is 6.04. The van der Waals surface area contributed by atoms with Crippen LogP contribution in [0.4, 0.5) is 4.79 Å². The van der Waals surface area contributed by atoms with Crippen LogP contribution in [0.25, 0.3) is 6.08 Å². The lowest BCUT2D eigenvalue weighted by molar-refractivity contribution is 0.101. The standard InChI is InChI=1S/C20H19NO5/c1-12-16(26-20(23)21(2)3)10-9-15-18(22)17(25-19(12)15)11-13-5-7-14(24-4)8-6-13/h5-11H,1-4H3/b17-11-. The van der Waals surface area contributed by atoms with Crippen LogP contribution in [0.3, 0.4) is 0 Å². The molecule has 26 heavy (non-hydrogen) atoms. The largest absolute Gasteiger partial charge is 0.497 e. The van der Waals surface area contributed by atoms with Crippen LogP contribution in [0.5, 0.6) is 17.2 Å². The summed E-state index contributed by atoms with van der Waals surface area (Å²) in [6.45, 7) is 1.75. The Kier molecular flexibility index (Phi) is 4.67. The van der Waals surface area contributed by atoms with Crippen LogP contribution in [0.15, 0.2) is 42.2 Å². The van der Waals surface area contributed by atoms with Crippen LogP contribution in [-0.2, 0) is 0 Å². The van der Waals surface area contributed by atoms with Gasteiger partial charge in [0.25, 0.3) is 0 Å². The van der Waals surface area contributed by atoms with Crippen LogP contribution in [-0.4, -0.2) is 38.0 Å². The first kappa shape index (κ1) is 17.5. The molecule has 0 aromatic heterocycles. The van der Waals surface area contributed by atoms with Gasteiger partial charge in [0.15, 0.2) is 5.76 Å². The summed E-state index contributed by atoms with van der Waals surface area (Å²) in [7, 11) is 4.79. The van der Waals surface area contributed by atoms with Gasteiger partial charge in [-0.2, -0.15) is 0 Å². The fourth-order valence-corrected chi connectivity index (χ4v) is 2.52. The highest BCUT2D eigenvalue weighted by molar-refractivity contribution is 6.15. The van der Waals surface area contributed by atoms with Crippen molar-refractivity contribution in [1.29, 1.82) is 0 Å². The molecule has 0 spiro atoms. The number of amides is 1. The van der Waals surface area contributed by atoms with Crippen LogP contribution >= 0.6 is 0 Å². The van der Waals surface area contributed by atoms with Gasteiger partial charge in [0.05, 0.1) is 12.7 Å². The highest BCUT2D eigenvalue weighted by atomic mass is 16.6. The summed E-state index contributed by atoms with van der Waals surface area (Å²) in [5.74, 6) is 1.53. The lowest BCUT2D eigenvalue weighted by atomic mass is 10.1. The highest BCUT2D eigenvalue weighted by Crippen LogP contribution is 2.39.